The highest BCUT2D eigenvalue weighted by molar-refractivity contribution is 5.82. The third-order valence-electron chi connectivity index (χ3n) is 4.45. The average molecular weight is 322 g/mol. The van der Waals surface area contributed by atoms with Crippen LogP contribution in [0.1, 0.15) is 49.8 Å². The van der Waals surface area contributed by atoms with E-state index < -0.39 is 0 Å². The Kier molecular flexibility index (Phi) is 6.48. The van der Waals surface area contributed by atoms with E-state index in [2.05, 4.69) is 68.1 Å². The van der Waals surface area contributed by atoms with Gasteiger partial charge in [0.25, 0.3) is 0 Å². The average Bonchev–Trinajstić information content (AvgIpc) is 2.60. The molecule has 0 amide bonds. The number of unbranched alkanes of at least 4 members (excludes halogenated alkanes) is 1. The molecule has 1 aromatic carbocycles. The smallest absolute Gasteiger partial charge is 0.0487 e. The van der Waals surface area contributed by atoms with Crippen LogP contribution in [-0.2, 0) is 6.42 Å². The van der Waals surface area contributed by atoms with Crippen LogP contribution < -0.4 is 10.6 Å². The van der Waals surface area contributed by atoms with E-state index in [1.54, 1.807) is 0 Å². The summed E-state index contributed by atoms with van der Waals surface area (Å²) in [7, 11) is 1.97. The Morgan fingerprint density at radius 1 is 1.38 bits per heavy atom. The van der Waals surface area contributed by atoms with Crippen molar-refractivity contribution in [1.82, 2.24) is 5.32 Å². The Bertz CT molecular complexity index is 665. The molecule has 0 fully saturated rings. The van der Waals surface area contributed by atoms with Crippen molar-refractivity contribution in [1.29, 1.82) is 0 Å². The van der Waals surface area contributed by atoms with Crippen molar-refractivity contribution in [3.05, 3.63) is 65.9 Å². The molecule has 0 spiro atoms. The second-order valence-corrected chi connectivity index (χ2v) is 6.48. The van der Waals surface area contributed by atoms with Crippen molar-refractivity contribution in [3.63, 3.8) is 0 Å². The van der Waals surface area contributed by atoms with Crippen LogP contribution in [0.15, 0.2) is 49.2 Å². The van der Waals surface area contributed by atoms with Gasteiger partial charge in [0.15, 0.2) is 0 Å². The Morgan fingerprint density at radius 3 is 2.75 bits per heavy atom. The molecule has 1 atom stereocenters. The van der Waals surface area contributed by atoms with Crippen LogP contribution in [-0.4, -0.2) is 13.1 Å². The van der Waals surface area contributed by atoms with Crippen molar-refractivity contribution in [3.8, 4) is 0 Å². The lowest BCUT2D eigenvalue weighted by Crippen LogP contribution is -2.21. The molecule has 0 bridgehead atoms. The van der Waals surface area contributed by atoms with Gasteiger partial charge in [-0.3, -0.25) is 0 Å². The van der Waals surface area contributed by atoms with Gasteiger partial charge in [0.1, 0.15) is 0 Å². The number of allylic oxidation sites excluding steroid dienone is 3. The summed E-state index contributed by atoms with van der Waals surface area (Å²) in [6, 6.07) is 4.92. The van der Waals surface area contributed by atoms with Gasteiger partial charge in [0.05, 0.1) is 0 Å². The molecular weight excluding hydrogens is 292 g/mol. The molecule has 0 aliphatic carbocycles. The lowest BCUT2D eigenvalue weighted by molar-refractivity contribution is 0.749. The van der Waals surface area contributed by atoms with Crippen LogP contribution in [0.5, 0.6) is 0 Å². The molecular formula is C22H30N2. The van der Waals surface area contributed by atoms with Crippen LogP contribution in [0, 0.1) is 0 Å². The Labute approximate surface area is 147 Å². The predicted octanol–water partition coefficient (Wildman–Crippen LogP) is 5.55. The minimum Gasteiger partial charge on any atom is -0.387 e. The first kappa shape index (κ1) is 18.1. The predicted molar refractivity (Wildman–Crippen MR) is 108 cm³/mol. The number of hydrogen-bond acceptors (Lipinski definition) is 2. The number of nitrogens with one attached hydrogen (secondary N) is 2. The van der Waals surface area contributed by atoms with Crippen molar-refractivity contribution in [2.75, 3.05) is 12.4 Å². The van der Waals surface area contributed by atoms with E-state index in [4.69, 9.17) is 0 Å². The fourth-order valence-electron chi connectivity index (χ4n) is 3.03. The van der Waals surface area contributed by atoms with E-state index in [9.17, 15) is 0 Å². The first-order valence-corrected chi connectivity index (χ1v) is 8.87. The molecule has 2 N–H and O–H groups in total. The number of benzene rings is 1. The van der Waals surface area contributed by atoms with Crippen LogP contribution in [0.3, 0.4) is 0 Å². The maximum absolute atomic E-state index is 4.33. The topological polar surface area (TPSA) is 24.1 Å². The zero-order valence-corrected chi connectivity index (χ0v) is 15.3. The summed E-state index contributed by atoms with van der Waals surface area (Å²) in [6.45, 7) is 12.7. The van der Waals surface area contributed by atoms with Crippen molar-refractivity contribution in [2.45, 2.75) is 45.6 Å². The summed E-state index contributed by atoms with van der Waals surface area (Å²) < 4.78 is 0. The van der Waals surface area contributed by atoms with Gasteiger partial charge in [-0.2, -0.15) is 0 Å². The van der Waals surface area contributed by atoms with Gasteiger partial charge in [-0.05, 0) is 60.6 Å². The second kappa shape index (κ2) is 8.58. The van der Waals surface area contributed by atoms with E-state index in [-0.39, 0.29) is 0 Å². The Morgan fingerprint density at radius 2 is 2.17 bits per heavy atom. The fourth-order valence-corrected chi connectivity index (χ4v) is 3.03. The summed E-state index contributed by atoms with van der Waals surface area (Å²) in [4.78, 5) is 0. The summed E-state index contributed by atoms with van der Waals surface area (Å²) in [5, 5.41) is 6.71. The molecule has 1 aliphatic heterocycles. The monoisotopic (exact) mass is 322 g/mol. The quantitative estimate of drug-likeness (QED) is 0.656. The number of anilines is 1. The van der Waals surface area contributed by atoms with Gasteiger partial charge < -0.3 is 10.6 Å². The fraction of sp³-hybridized carbons (Fsp3) is 0.364. The van der Waals surface area contributed by atoms with Gasteiger partial charge in [-0.25, -0.2) is 0 Å². The van der Waals surface area contributed by atoms with Crippen molar-refractivity contribution in [2.24, 2.45) is 0 Å². The molecule has 0 saturated heterocycles. The third kappa shape index (κ3) is 4.41. The van der Waals surface area contributed by atoms with Crippen LogP contribution >= 0.6 is 0 Å². The van der Waals surface area contributed by atoms with Crippen LogP contribution in [0.25, 0.3) is 11.6 Å². The third-order valence-corrected chi connectivity index (χ3v) is 4.45. The molecule has 2 nitrogen and oxygen atoms in total. The first-order chi connectivity index (χ1) is 11.6. The highest BCUT2D eigenvalue weighted by atomic mass is 14.9. The number of dihydropyridines is 1. The molecule has 1 heterocycles. The van der Waals surface area contributed by atoms with Gasteiger partial charge in [0, 0.05) is 30.5 Å². The van der Waals surface area contributed by atoms with Gasteiger partial charge in [-0.15, -0.1) is 0 Å². The normalized spacial score (nSPS) is 16.3. The van der Waals surface area contributed by atoms with Gasteiger partial charge in [0.2, 0.25) is 0 Å². The van der Waals surface area contributed by atoms with Crippen LogP contribution in [0.4, 0.5) is 5.69 Å². The highest BCUT2D eigenvalue weighted by Crippen LogP contribution is 2.32. The molecule has 0 saturated carbocycles. The van der Waals surface area contributed by atoms with E-state index in [0.29, 0.717) is 6.04 Å². The standard InChI is InChI=1S/C22H30N2/c1-6-8-9-16(3)21-14-19(13-20(7-2)22(21)23-5)12-18-11-10-17(4)24-15-18/h7,10-11,13-15,17,23-24H,2-3,6,8-9,12H2,1,4-5H3. The molecule has 2 rings (SSSR count). The lowest BCUT2D eigenvalue weighted by Gasteiger charge is -2.19. The van der Waals surface area contributed by atoms with E-state index in [0.717, 1.165) is 24.1 Å². The zero-order chi connectivity index (χ0) is 17.5. The molecule has 2 heteroatoms. The van der Waals surface area contributed by atoms with Crippen molar-refractivity contribution >= 4 is 17.3 Å². The number of rotatable bonds is 8. The maximum atomic E-state index is 4.33. The lowest BCUT2D eigenvalue weighted by atomic mass is 9.92. The van der Waals surface area contributed by atoms with E-state index >= 15 is 0 Å². The molecule has 1 unspecified atom stereocenters. The van der Waals surface area contributed by atoms with Crippen molar-refractivity contribution < 1.29 is 0 Å². The molecule has 128 valence electrons. The zero-order valence-electron chi connectivity index (χ0n) is 15.3. The minimum atomic E-state index is 0.411. The molecule has 24 heavy (non-hydrogen) atoms. The Hall–Kier alpha value is -2.22. The second-order valence-electron chi connectivity index (χ2n) is 6.48. The molecule has 1 aromatic rings. The minimum absolute atomic E-state index is 0.411. The van der Waals surface area contributed by atoms with Crippen LogP contribution in [0.2, 0.25) is 0 Å². The van der Waals surface area contributed by atoms with Gasteiger partial charge >= 0.3 is 0 Å². The Balaban J connectivity index is 2.33. The molecule has 0 radical (unpaired) electrons. The number of hydrogen-bond donors (Lipinski definition) is 2. The summed E-state index contributed by atoms with van der Waals surface area (Å²) in [5.74, 6) is 0. The summed E-state index contributed by atoms with van der Waals surface area (Å²) >= 11 is 0. The molecule has 0 aromatic heterocycles. The summed E-state index contributed by atoms with van der Waals surface area (Å²) in [6.07, 6.45) is 12.8. The highest BCUT2D eigenvalue weighted by Gasteiger charge is 2.12. The van der Waals surface area contributed by atoms with E-state index in [1.807, 2.05) is 13.1 Å². The van der Waals surface area contributed by atoms with Gasteiger partial charge in [-0.1, -0.05) is 44.7 Å². The van der Waals surface area contributed by atoms with E-state index in [1.165, 1.54) is 35.1 Å². The summed E-state index contributed by atoms with van der Waals surface area (Å²) in [5.41, 5.74) is 7.29. The molecule has 1 aliphatic rings. The maximum Gasteiger partial charge on any atom is 0.0487 e. The SMILES string of the molecule is C=Cc1cc(CC2=CNC(C)C=C2)cc(C(=C)CCCC)c1NC. The largest absolute Gasteiger partial charge is 0.387 e. The first-order valence-electron chi connectivity index (χ1n) is 8.87.